The van der Waals surface area contributed by atoms with Crippen LogP contribution in [0.4, 0.5) is 8.78 Å². The Kier molecular flexibility index (Phi) is 5.64. The Morgan fingerprint density at radius 2 is 1.95 bits per heavy atom. The second-order valence-electron chi connectivity index (χ2n) is 5.71. The lowest BCUT2D eigenvalue weighted by molar-refractivity contribution is 0.107. The number of halogens is 2. The highest BCUT2D eigenvalue weighted by molar-refractivity contribution is 5.22. The van der Waals surface area contributed by atoms with Crippen molar-refractivity contribution in [2.24, 2.45) is 0 Å². The summed E-state index contributed by atoms with van der Waals surface area (Å²) in [7, 11) is 4.13. The van der Waals surface area contributed by atoms with E-state index in [0.717, 1.165) is 31.8 Å². The summed E-state index contributed by atoms with van der Waals surface area (Å²) in [5.74, 6) is -1.42. The molecule has 0 spiro atoms. The number of benzene rings is 1. The van der Waals surface area contributed by atoms with Gasteiger partial charge in [-0.15, -0.1) is 0 Å². The van der Waals surface area contributed by atoms with Gasteiger partial charge in [-0.2, -0.15) is 0 Å². The van der Waals surface area contributed by atoms with Gasteiger partial charge in [-0.25, -0.2) is 8.78 Å². The van der Waals surface area contributed by atoms with E-state index in [4.69, 9.17) is 0 Å². The minimum atomic E-state index is -1.18. The van der Waals surface area contributed by atoms with Crippen LogP contribution in [-0.4, -0.2) is 67.8 Å². The molecule has 2 atom stereocenters. The lowest BCUT2D eigenvalue weighted by atomic mass is 10.1. The average Bonchev–Trinajstić information content (AvgIpc) is 2.42. The lowest BCUT2D eigenvalue weighted by Gasteiger charge is -2.38. The van der Waals surface area contributed by atoms with Crippen LogP contribution < -0.4 is 5.32 Å². The molecule has 1 aromatic carbocycles. The molecule has 0 aliphatic carbocycles. The molecule has 1 heterocycles. The maximum Gasteiger partial charge on any atom is 0.131 e. The summed E-state index contributed by atoms with van der Waals surface area (Å²) in [6.07, 6.45) is -1.18. The first-order valence-corrected chi connectivity index (χ1v) is 7.20. The Hall–Kier alpha value is -1.08. The molecule has 1 aromatic rings. The fraction of sp³-hybridized carbons (Fsp3) is 0.600. The molecular weight excluding hydrogens is 276 g/mol. The van der Waals surface area contributed by atoms with Gasteiger partial charge < -0.3 is 15.3 Å². The monoisotopic (exact) mass is 299 g/mol. The van der Waals surface area contributed by atoms with E-state index in [1.807, 2.05) is 0 Å². The van der Waals surface area contributed by atoms with Crippen LogP contribution >= 0.6 is 0 Å². The van der Waals surface area contributed by atoms with Crippen molar-refractivity contribution < 1.29 is 13.9 Å². The maximum absolute atomic E-state index is 13.6. The number of likely N-dealkylation sites (N-methyl/N-ethyl adjacent to an activating group) is 2. The normalized spacial score (nSPS) is 22.4. The minimum absolute atomic E-state index is 0.131. The van der Waals surface area contributed by atoms with E-state index < -0.39 is 17.7 Å². The van der Waals surface area contributed by atoms with Gasteiger partial charge in [-0.05, 0) is 26.2 Å². The first-order valence-electron chi connectivity index (χ1n) is 7.20. The quantitative estimate of drug-likeness (QED) is 0.845. The Morgan fingerprint density at radius 1 is 1.29 bits per heavy atom. The summed E-state index contributed by atoms with van der Waals surface area (Å²) >= 11 is 0. The topological polar surface area (TPSA) is 38.7 Å². The van der Waals surface area contributed by atoms with E-state index in [2.05, 4.69) is 29.2 Å². The number of aliphatic hydroxyl groups is 1. The van der Waals surface area contributed by atoms with Gasteiger partial charge in [0, 0.05) is 38.8 Å². The molecule has 4 nitrogen and oxygen atoms in total. The summed E-state index contributed by atoms with van der Waals surface area (Å²) in [6.45, 7) is 3.77. The second-order valence-corrected chi connectivity index (χ2v) is 5.71. The molecule has 1 saturated heterocycles. The van der Waals surface area contributed by atoms with E-state index in [0.29, 0.717) is 12.6 Å². The molecule has 6 heteroatoms. The number of piperazine rings is 1. The zero-order chi connectivity index (χ0) is 15.4. The summed E-state index contributed by atoms with van der Waals surface area (Å²) < 4.78 is 27.1. The molecule has 1 aliphatic rings. The highest BCUT2D eigenvalue weighted by Gasteiger charge is 2.23. The van der Waals surface area contributed by atoms with Crippen molar-refractivity contribution in [3.05, 3.63) is 35.4 Å². The number of hydrogen-bond donors (Lipinski definition) is 2. The predicted octanol–water partition coefficient (Wildman–Crippen LogP) is 0.834. The predicted molar refractivity (Wildman–Crippen MR) is 78.1 cm³/mol. The standard InChI is InChI=1S/C15H23F2N3O/c1-19-6-7-20(2)11(10-19)8-18-9-14(21)15-12(16)4-3-5-13(15)17/h3-5,11,14,18,21H,6-10H2,1-2H3. The Morgan fingerprint density at radius 3 is 2.62 bits per heavy atom. The fourth-order valence-corrected chi connectivity index (χ4v) is 2.64. The maximum atomic E-state index is 13.6. The third-order valence-corrected chi connectivity index (χ3v) is 4.03. The van der Waals surface area contributed by atoms with Crippen LogP contribution in [0.5, 0.6) is 0 Å². The molecule has 2 N–H and O–H groups in total. The van der Waals surface area contributed by atoms with E-state index in [-0.39, 0.29) is 12.1 Å². The Balaban J connectivity index is 1.85. The Labute approximate surface area is 124 Å². The van der Waals surface area contributed by atoms with E-state index in [9.17, 15) is 13.9 Å². The van der Waals surface area contributed by atoms with Crippen molar-refractivity contribution in [1.29, 1.82) is 0 Å². The van der Waals surface area contributed by atoms with Gasteiger partial charge in [-0.3, -0.25) is 4.90 Å². The van der Waals surface area contributed by atoms with Crippen LogP contribution in [-0.2, 0) is 0 Å². The van der Waals surface area contributed by atoms with Crippen LogP contribution in [0.3, 0.4) is 0 Å². The molecular formula is C15H23F2N3O. The van der Waals surface area contributed by atoms with Crippen LogP contribution in [0, 0.1) is 11.6 Å². The molecule has 0 saturated carbocycles. The van der Waals surface area contributed by atoms with Gasteiger partial charge in [0.1, 0.15) is 11.6 Å². The number of nitrogens with one attached hydrogen (secondary N) is 1. The van der Waals surface area contributed by atoms with Crippen LogP contribution in [0.15, 0.2) is 18.2 Å². The molecule has 0 radical (unpaired) electrons. The molecule has 2 unspecified atom stereocenters. The molecule has 1 aliphatic heterocycles. The SMILES string of the molecule is CN1CCN(C)C(CNCC(O)c2c(F)cccc2F)C1. The summed E-state index contributed by atoms with van der Waals surface area (Å²) in [5, 5.41) is 13.1. The Bertz CT molecular complexity index is 452. The van der Waals surface area contributed by atoms with Crippen molar-refractivity contribution in [3.8, 4) is 0 Å². The largest absolute Gasteiger partial charge is 0.387 e. The zero-order valence-electron chi connectivity index (χ0n) is 12.5. The van der Waals surface area contributed by atoms with Crippen molar-refractivity contribution >= 4 is 0 Å². The number of nitrogens with zero attached hydrogens (tertiary/aromatic N) is 2. The van der Waals surface area contributed by atoms with Gasteiger partial charge in [0.25, 0.3) is 0 Å². The van der Waals surface area contributed by atoms with Crippen LogP contribution in [0.1, 0.15) is 11.7 Å². The van der Waals surface area contributed by atoms with Gasteiger partial charge >= 0.3 is 0 Å². The number of hydrogen-bond acceptors (Lipinski definition) is 4. The molecule has 1 fully saturated rings. The number of rotatable bonds is 5. The van der Waals surface area contributed by atoms with E-state index in [1.165, 1.54) is 6.07 Å². The molecule has 118 valence electrons. The summed E-state index contributed by atoms with van der Waals surface area (Å²) in [6, 6.07) is 3.94. The molecule has 0 aromatic heterocycles. The van der Waals surface area contributed by atoms with Crippen molar-refractivity contribution in [3.63, 3.8) is 0 Å². The summed E-state index contributed by atoms with van der Waals surface area (Å²) in [5.41, 5.74) is -0.265. The van der Waals surface area contributed by atoms with Gasteiger partial charge in [0.05, 0.1) is 11.7 Å². The molecule has 2 rings (SSSR count). The number of aliphatic hydroxyl groups excluding tert-OH is 1. The first-order chi connectivity index (χ1) is 9.99. The highest BCUT2D eigenvalue weighted by atomic mass is 19.1. The second kappa shape index (κ2) is 7.26. The van der Waals surface area contributed by atoms with Crippen LogP contribution in [0.2, 0.25) is 0 Å². The molecule has 0 amide bonds. The van der Waals surface area contributed by atoms with E-state index >= 15 is 0 Å². The van der Waals surface area contributed by atoms with E-state index in [1.54, 1.807) is 0 Å². The van der Waals surface area contributed by atoms with Gasteiger partial charge in [-0.1, -0.05) is 6.07 Å². The van der Waals surface area contributed by atoms with Crippen molar-refractivity contribution in [2.45, 2.75) is 12.1 Å². The average molecular weight is 299 g/mol. The molecule has 0 bridgehead atoms. The third kappa shape index (κ3) is 4.20. The van der Waals surface area contributed by atoms with Gasteiger partial charge in [0.15, 0.2) is 0 Å². The molecule has 21 heavy (non-hydrogen) atoms. The first kappa shape index (κ1) is 16.3. The fourth-order valence-electron chi connectivity index (χ4n) is 2.64. The minimum Gasteiger partial charge on any atom is -0.387 e. The summed E-state index contributed by atoms with van der Waals surface area (Å²) in [4.78, 5) is 4.50. The van der Waals surface area contributed by atoms with Crippen molar-refractivity contribution in [2.75, 3.05) is 46.8 Å². The lowest BCUT2D eigenvalue weighted by Crippen LogP contribution is -2.54. The zero-order valence-corrected chi connectivity index (χ0v) is 12.5. The van der Waals surface area contributed by atoms with Crippen molar-refractivity contribution in [1.82, 2.24) is 15.1 Å². The van der Waals surface area contributed by atoms with Gasteiger partial charge in [0.2, 0.25) is 0 Å². The van der Waals surface area contributed by atoms with Crippen LogP contribution in [0.25, 0.3) is 0 Å². The smallest absolute Gasteiger partial charge is 0.131 e. The highest BCUT2D eigenvalue weighted by Crippen LogP contribution is 2.20. The third-order valence-electron chi connectivity index (χ3n) is 4.03.